The number of aromatic nitrogens is 1. The van der Waals surface area contributed by atoms with Crippen LogP contribution in [0.3, 0.4) is 0 Å². The van der Waals surface area contributed by atoms with Crippen LogP contribution < -0.4 is 0 Å². The predicted octanol–water partition coefficient (Wildman–Crippen LogP) is 9.85. The smallest absolute Gasteiger partial charge is 0.0849 e. The van der Waals surface area contributed by atoms with Gasteiger partial charge in [-0.2, -0.15) is 0 Å². The van der Waals surface area contributed by atoms with Crippen LogP contribution in [-0.4, -0.2) is 16.4 Å². The van der Waals surface area contributed by atoms with Gasteiger partial charge in [0.05, 0.1) is 34.2 Å². The first-order valence-electron chi connectivity index (χ1n) is 13.3. The van der Waals surface area contributed by atoms with Crippen LogP contribution >= 0.6 is 0 Å². The minimum atomic E-state index is 0. The minimum Gasteiger partial charge on any atom is -0.251 e. The van der Waals surface area contributed by atoms with Gasteiger partial charge < -0.3 is 0 Å². The SMILES string of the molecule is CC(=Nc1c(C(C)C)cccc1C(C)C)c1cccc(C(C)=Nc2c(C(C)C)cccc2C(C)C)n1.[Fe]. The molecule has 3 nitrogen and oxygen atoms in total. The normalized spacial score (nSPS) is 12.6. The van der Waals surface area contributed by atoms with Crippen LogP contribution in [0.25, 0.3) is 0 Å². The average molecular weight is 538 g/mol. The molecule has 0 N–H and O–H groups in total. The summed E-state index contributed by atoms with van der Waals surface area (Å²) in [6.07, 6.45) is 0. The first kappa shape index (κ1) is 30.7. The maximum absolute atomic E-state index is 5.15. The number of rotatable bonds is 8. The second-order valence-electron chi connectivity index (χ2n) is 11.0. The zero-order valence-corrected chi connectivity index (χ0v) is 25.3. The van der Waals surface area contributed by atoms with Crippen LogP contribution in [0.5, 0.6) is 0 Å². The van der Waals surface area contributed by atoms with Crippen LogP contribution in [0.15, 0.2) is 64.6 Å². The molecule has 0 spiro atoms. The maximum atomic E-state index is 5.15. The molecule has 1 aromatic heterocycles. The zero-order valence-electron chi connectivity index (χ0n) is 24.2. The Hall–Kier alpha value is -2.55. The predicted molar refractivity (Wildman–Crippen MR) is 157 cm³/mol. The molecule has 0 saturated carbocycles. The second kappa shape index (κ2) is 13.3. The number of nitrogens with zero attached hydrogens (tertiary/aromatic N) is 3. The van der Waals surface area contributed by atoms with Crippen molar-refractivity contribution in [2.45, 2.75) is 92.9 Å². The molecule has 0 aliphatic heterocycles. The van der Waals surface area contributed by atoms with E-state index in [1.54, 1.807) is 0 Å². The van der Waals surface area contributed by atoms with E-state index in [4.69, 9.17) is 15.0 Å². The quantitative estimate of drug-likeness (QED) is 0.208. The van der Waals surface area contributed by atoms with Crippen molar-refractivity contribution in [1.82, 2.24) is 4.98 Å². The summed E-state index contributed by atoms with van der Waals surface area (Å²) >= 11 is 0. The Morgan fingerprint density at radius 2 is 0.784 bits per heavy atom. The summed E-state index contributed by atoms with van der Waals surface area (Å²) in [5.41, 5.74) is 10.9. The molecule has 1 heterocycles. The molecular formula is C33H43FeN3. The van der Waals surface area contributed by atoms with Crippen molar-refractivity contribution in [1.29, 1.82) is 0 Å². The van der Waals surface area contributed by atoms with Crippen molar-refractivity contribution >= 4 is 22.8 Å². The van der Waals surface area contributed by atoms with Crippen LogP contribution in [0.4, 0.5) is 11.4 Å². The first-order valence-corrected chi connectivity index (χ1v) is 13.3. The van der Waals surface area contributed by atoms with Gasteiger partial charge in [-0.15, -0.1) is 0 Å². The van der Waals surface area contributed by atoms with E-state index in [9.17, 15) is 0 Å². The Morgan fingerprint density at radius 3 is 1.05 bits per heavy atom. The Morgan fingerprint density at radius 1 is 0.514 bits per heavy atom. The molecule has 2 aromatic carbocycles. The third-order valence-corrected chi connectivity index (χ3v) is 6.73. The standard InChI is InChI=1S/C33H43N3.Fe/c1-20(2)26-14-11-15-27(21(3)4)32(26)34-24(9)30-18-13-19-31(36-30)25(10)35-33-28(22(5)6)16-12-17-29(33)23(7)8;/h11-23H,1-10H3;. The van der Waals surface area contributed by atoms with E-state index < -0.39 is 0 Å². The van der Waals surface area contributed by atoms with Crippen LogP contribution in [0.1, 0.15) is 127 Å². The molecule has 0 saturated heterocycles. The minimum absolute atomic E-state index is 0. The summed E-state index contributed by atoms with van der Waals surface area (Å²) in [6, 6.07) is 19.2. The van der Waals surface area contributed by atoms with E-state index in [0.29, 0.717) is 23.7 Å². The van der Waals surface area contributed by atoms with Gasteiger partial charge in [-0.05, 0) is 71.9 Å². The molecule has 4 heteroatoms. The number of pyridine rings is 1. The van der Waals surface area contributed by atoms with Crippen molar-refractivity contribution in [3.63, 3.8) is 0 Å². The molecule has 198 valence electrons. The second-order valence-corrected chi connectivity index (χ2v) is 11.0. The summed E-state index contributed by atoms with van der Waals surface area (Å²) in [5, 5.41) is 0. The van der Waals surface area contributed by atoms with Crippen LogP contribution in [0.2, 0.25) is 0 Å². The van der Waals surface area contributed by atoms with Gasteiger partial charge >= 0.3 is 0 Å². The molecule has 0 atom stereocenters. The fraction of sp³-hybridized carbons (Fsp3) is 0.424. The molecule has 37 heavy (non-hydrogen) atoms. The number of hydrogen-bond acceptors (Lipinski definition) is 3. The van der Waals surface area contributed by atoms with Gasteiger partial charge in [0.2, 0.25) is 0 Å². The van der Waals surface area contributed by atoms with Crippen molar-refractivity contribution < 1.29 is 17.1 Å². The third kappa shape index (κ3) is 7.27. The molecule has 0 fully saturated rings. The number of aliphatic imine (C=N–C) groups is 2. The van der Waals surface area contributed by atoms with Gasteiger partial charge in [-0.1, -0.05) is 97.9 Å². The van der Waals surface area contributed by atoms with Gasteiger partial charge in [0.25, 0.3) is 0 Å². The maximum Gasteiger partial charge on any atom is 0.0849 e. The summed E-state index contributed by atoms with van der Waals surface area (Å²) in [4.78, 5) is 15.3. The van der Waals surface area contributed by atoms with E-state index in [-0.39, 0.29) is 17.1 Å². The van der Waals surface area contributed by atoms with Gasteiger partial charge in [0.1, 0.15) is 0 Å². The fourth-order valence-electron chi connectivity index (χ4n) is 4.57. The molecule has 0 unspecified atom stereocenters. The fourth-order valence-corrected chi connectivity index (χ4v) is 4.57. The molecule has 0 amide bonds. The van der Waals surface area contributed by atoms with E-state index >= 15 is 0 Å². The Labute approximate surface area is 235 Å². The summed E-state index contributed by atoms with van der Waals surface area (Å²) < 4.78 is 0. The van der Waals surface area contributed by atoms with E-state index in [0.717, 1.165) is 34.2 Å². The third-order valence-electron chi connectivity index (χ3n) is 6.73. The molecule has 0 aliphatic rings. The van der Waals surface area contributed by atoms with Gasteiger partial charge in [0.15, 0.2) is 0 Å². The average Bonchev–Trinajstić information content (AvgIpc) is 2.83. The van der Waals surface area contributed by atoms with E-state index in [1.807, 2.05) is 12.1 Å². The van der Waals surface area contributed by atoms with Gasteiger partial charge in [0, 0.05) is 17.1 Å². The Bertz CT molecular complexity index is 1120. The van der Waals surface area contributed by atoms with Crippen molar-refractivity contribution in [3.05, 3.63) is 88.2 Å². The number of hydrogen-bond donors (Lipinski definition) is 0. The first-order chi connectivity index (χ1) is 17.0. The van der Waals surface area contributed by atoms with E-state index in [2.05, 4.69) is 112 Å². The van der Waals surface area contributed by atoms with Gasteiger partial charge in [-0.3, -0.25) is 9.98 Å². The zero-order chi connectivity index (χ0) is 26.6. The Kier molecular flexibility index (Phi) is 11.0. The molecule has 0 aliphatic carbocycles. The van der Waals surface area contributed by atoms with Gasteiger partial charge in [-0.25, -0.2) is 4.98 Å². The topological polar surface area (TPSA) is 37.6 Å². The molecule has 0 bridgehead atoms. The van der Waals surface area contributed by atoms with E-state index in [1.165, 1.54) is 22.3 Å². The summed E-state index contributed by atoms with van der Waals surface area (Å²) in [6.45, 7) is 22.0. The monoisotopic (exact) mass is 537 g/mol. The largest absolute Gasteiger partial charge is 0.251 e. The van der Waals surface area contributed by atoms with Crippen molar-refractivity contribution in [2.75, 3.05) is 0 Å². The van der Waals surface area contributed by atoms with Crippen LogP contribution in [0, 0.1) is 0 Å². The van der Waals surface area contributed by atoms with Crippen LogP contribution in [-0.2, 0) is 17.1 Å². The molecule has 3 rings (SSSR count). The number of benzene rings is 2. The molecule has 0 radical (unpaired) electrons. The summed E-state index contributed by atoms with van der Waals surface area (Å²) in [7, 11) is 0. The molecule has 3 aromatic rings. The Balaban J connectivity index is 0.00000481. The number of para-hydroxylation sites is 2. The summed E-state index contributed by atoms with van der Waals surface area (Å²) in [5.74, 6) is 1.61. The van der Waals surface area contributed by atoms with Crippen molar-refractivity contribution in [2.24, 2.45) is 9.98 Å². The van der Waals surface area contributed by atoms with Crippen molar-refractivity contribution in [3.8, 4) is 0 Å². The molecular weight excluding hydrogens is 494 g/mol.